The van der Waals surface area contributed by atoms with Crippen molar-refractivity contribution < 1.29 is 4.79 Å². The minimum absolute atomic E-state index is 0.0162. The molecule has 0 bridgehead atoms. The van der Waals surface area contributed by atoms with Gasteiger partial charge in [-0.2, -0.15) is 5.10 Å². The third-order valence-corrected chi connectivity index (χ3v) is 2.93. The fourth-order valence-electron chi connectivity index (χ4n) is 1.85. The van der Waals surface area contributed by atoms with E-state index in [1.807, 2.05) is 32.3 Å². The van der Waals surface area contributed by atoms with Crippen molar-refractivity contribution in [2.24, 2.45) is 7.05 Å². The van der Waals surface area contributed by atoms with E-state index in [0.717, 1.165) is 16.8 Å². The summed E-state index contributed by atoms with van der Waals surface area (Å²) in [5.41, 5.74) is 9.19. The van der Waals surface area contributed by atoms with E-state index in [4.69, 9.17) is 5.73 Å². The van der Waals surface area contributed by atoms with Crippen LogP contribution in [0.2, 0.25) is 0 Å². The second-order valence-electron chi connectivity index (χ2n) is 4.64. The van der Waals surface area contributed by atoms with Crippen LogP contribution in [0.5, 0.6) is 0 Å². The minimum atomic E-state index is -0.0162. The molecule has 0 unspecified atom stereocenters. The summed E-state index contributed by atoms with van der Waals surface area (Å²) in [6.07, 6.45) is 4.80. The van der Waals surface area contributed by atoms with Gasteiger partial charge in [-0.15, -0.1) is 0 Å². The topological polar surface area (TPSA) is 72.9 Å². The molecule has 0 saturated heterocycles. The van der Waals surface area contributed by atoms with Gasteiger partial charge >= 0.3 is 0 Å². The largest absolute Gasteiger partial charge is 0.399 e. The first kappa shape index (κ1) is 13.1. The number of nitrogens with two attached hydrogens (primary N) is 1. The maximum atomic E-state index is 11.9. The molecule has 2 aromatic rings. The second kappa shape index (κ2) is 5.56. The molecule has 100 valence electrons. The number of nitrogens with zero attached hydrogens (tertiary/aromatic N) is 2. The van der Waals surface area contributed by atoms with Crippen molar-refractivity contribution in [1.82, 2.24) is 9.78 Å². The van der Waals surface area contributed by atoms with Crippen LogP contribution in [0.25, 0.3) is 0 Å². The van der Waals surface area contributed by atoms with Gasteiger partial charge in [0.05, 0.1) is 6.20 Å². The van der Waals surface area contributed by atoms with E-state index in [-0.39, 0.29) is 5.91 Å². The van der Waals surface area contributed by atoms with Gasteiger partial charge in [0.1, 0.15) is 0 Å². The molecule has 1 amide bonds. The lowest BCUT2D eigenvalue weighted by atomic mass is 10.1. The standard InChI is InChI=1S/C14H18N4O/c1-10-3-5-12(15)7-13(10)17-14(19)6-4-11-8-16-18(2)9-11/h3,5,7-9H,4,6,15H2,1-2H3,(H,17,19). The number of nitrogens with one attached hydrogen (secondary N) is 1. The normalized spacial score (nSPS) is 10.4. The highest BCUT2D eigenvalue weighted by atomic mass is 16.1. The van der Waals surface area contributed by atoms with Crippen LogP contribution in [0, 0.1) is 6.92 Å². The third kappa shape index (κ3) is 3.58. The summed E-state index contributed by atoms with van der Waals surface area (Å²) in [5.74, 6) is -0.0162. The van der Waals surface area contributed by atoms with Crippen LogP contribution in [0.3, 0.4) is 0 Å². The van der Waals surface area contributed by atoms with E-state index in [0.29, 0.717) is 18.5 Å². The summed E-state index contributed by atoms with van der Waals surface area (Å²) in [5, 5.41) is 6.95. The summed E-state index contributed by atoms with van der Waals surface area (Å²) < 4.78 is 1.73. The zero-order chi connectivity index (χ0) is 13.8. The Morgan fingerprint density at radius 1 is 1.47 bits per heavy atom. The minimum Gasteiger partial charge on any atom is -0.399 e. The third-order valence-electron chi connectivity index (χ3n) is 2.93. The first-order valence-corrected chi connectivity index (χ1v) is 6.18. The molecular weight excluding hydrogens is 240 g/mol. The Hall–Kier alpha value is -2.30. The van der Waals surface area contributed by atoms with Crippen molar-refractivity contribution in [3.63, 3.8) is 0 Å². The fourth-order valence-corrected chi connectivity index (χ4v) is 1.85. The van der Waals surface area contributed by atoms with Crippen LogP contribution in [0.15, 0.2) is 30.6 Å². The molecule has 0 atom stereocenters. The Balaban J connectivity index is 1.92. The van der Waals surface area contributed by atoms with Gasteiger partial charge in [0, 0.05) is 31.0 Å². The Morgan fingerprint density at radius 3 is 2.95 bits per heavy atom. The number of aromatic nitrogens is 2. The SMILES string of the molecule is Cc1ccc(N)cc1NC(=O)CCc1cnn(C)c1. The summed E-state index contributed by atoms with van der Waals surface area (Å²) in [7, 11) is 1.86. The molecule has 0 aliphatic heterocycles. The van der Waals surface area contributed by atoms with Crippen molar-refractivity contribution in [2.75, 3.05) is 11.1 Å². The number of carbonyl (C=O) groups is 1. The van der Waals surface area contributed by atoms with Gasteiger partial charge in [0.25, 0.3) is 0 Å². The predicted molar refractivity (Wildman–Crippen MR) is 75.8 cm³/mol. The number of aryl methyl sites for hydroxylation is 3. The van der Waals surface area contributed by atoms with Gasteiger partial charge in [-0.1, -0.05) is 6.07 Å². The molecular formula is C14H18N4O. The summed E-state index contributed by atoms with van der Waals surface area (Å²) in [6, 6.07) is 5.49. The van der Waals surface area contributed by atoms with Crippen LogP contribution >= 0.6 is 0 Å². The van der Waals surface area contributed by atoms with E-state index in [2.05, 4.69) is 10.4 Å². The highest BCUT2D eigenvalue weighted by Gasteiger charge is 2.06. The van der Waals surface area contributed by atoms with E-state index >= 15 is 0 Å². The highest BCUT2D eigenvalue weighted by molar-refractivity contribution is 5.92. The van der Waals surface area contributed by atoms with Gasteiger partial charge in [-0.05, 0) is 36.6 Å². The van der Waals surface area contributed by atoms with Gasteiger partial charge in [-0.25, -0.2) is 0 Å². The average Bonchev–Trinajstić information content (AvgIpc) is 2.77. The Kier molecular flexibility index (Phi) is 3.85. The number of carbonyl (C=O) groups excluding carboxylic acids is 1. The molecule has 5 nitrogen and oxygen atoms in total. The van der Waals surface area contributed by atoms with Crippen LogP contribution in [0.4, 0.5) is 11.4 Å². The van der Waals surface area contributed by atoms with Crippen LogP contribution in [-0.4, -0.2) is 15.7 Å². The van der Waals surface area contributed by atoms with Gasteiger partial charge in [0.15, 0.2) is 0 Å². The molecule has 19 heavy (non-hydrogen) atoms. The molecule has 3 N–H and O–H groups in total. The van der Waals surface area contributed by atoms with Crippen molar-refractivity contribution in [3.05, 3.63) is 41.7 Å². The molecule has 1 aromatic carbocycles. The average molecular weight is 258 g/mol. The number of hydrogen-bond acceptors (Lipinski definition) is 3. The van der Waals surface area contributed by atoms with E-state index < -0.39 is 0 Å². The highest BCUT2D eigenvalue weighted by Crippen LogP contribution is 2.18. The fraction of sp³-hybridized carbons (Fsp3) is 0.286. The molecule has 0 aliphatic carbocycles. The molecule has 0 saturated carbocycles. The van der Waals surface area contributed by atoms with Crippen molar-refractivity contribution in [1.29, 1.82) is 0 Å². The number of rotatable bonds is 4. The smallest absolute Gasteiger partial charge is 0.224 e. The summed E-state index contributed by atoms with van der Waals surface area (Å²) in [6.45, 7) is 1.94. The number of nitrogen functional groups attached to an aromatic ring is 1. The van der Waals surface area contributed by atoms with Gasteiger partial charge in [0.2, 0.25) is 5.91 Å². The zero-order valence-corrected chi connectivity index (χ0v) is 11.2. The van der Waals surface area contributed by atoms with Crippen molar-refractivity contribution >= 4 is 17.3 Å². The monoisotopic (exact) mass is 258 g/mol. The Labute approximate surface area is 112 Å². The number of anilines is 2. The lowest BCUT2D eigenvalue weighted by molar-refractivity contribution is -0.116. The number of amides is 1. The van der Waals surface area contributed by atoms with Gasteiger partial charge in [-0.3, -0.25) is 9.48 Å². The lowest BCUT2D eigenvalue weighted by Gasteiger charge is -2.08. The van der Waals surface area contributed by atoms with Gasteiger partial charge < -0.3 is 11.1 Å². The molecule has 1 heterocycles. The molecule has 0 spiro atoms. The molecule has 1 aromatic heterocycles. The Morgan fingerprint density at radius 2 is 2.26 bits per heavy atom. The molecule has 0 aliphatic rings. The zero-order valence-electron chi connectivity index (χ0n) is 11.2. The molecule has 5 heteroatoms. The van der Waals surface area contributed by atoms with Crippen LogP contribution in [0.1, 0.15) is 17.5 Å². The maximum absolute atomic E-state index is 11.9. The molecule has 0 fully saturated rings. The van der Waals surface area contributed by atoms with Crippen molar-refractivity contribution in [2.45, 2.75) is 19.8 Å². The first-order chi connectivity index (χ1) is 9.04. The molecule has 0 radical (unpaired) electrons. The molecule has 2 rings (SSSR count). The van der Waals surface area contributed by atoms with E-state index in [1.165, 1.54) is 0 Å². The Bertz CT molecular complexity index is 589. The second-order valence-corrected chi connectivity index (χ2v) is 4.64. The van der Waals surface area contributed by atoms with E-state index in [9.17, 15) is 4.79 Å². The van der Waals surface area contributed by atoms with Crippen LogP contribution in [-0.2, 0) is 18.3 Å². The maximum Gasteiger partial charge on any atom is 0.224 e. The quantitative estimate of drug-likeness (QED) is 0.822. The summed E-state index contributed by atoms with van der Waals surface area (Å²) in [4.78, 5) is 11.9. The van der Waals surface area contributed by atoms with E-state index in [1.54, 1.807) is 16.9 Å². The van der Waals surface area contributed by atoms with Crippen molar-refractivity contribution in [3.8, 4) is 0 Å². The van der Waals surface area contributed by atoms with Crippen LogP contribution < -0.4 is 11.1 Å². The lowest BCUT2D eigenvalue weighted by Crippen LogP contribution is -2.13. The first-order valence-electron chi connectivity index (χ1n) is 6.18. The number of benzene rings is 1. The number of hydrogen-bond donors (Lipinski definition) is 2. The summed E-state index contributed by atoms with van der Waals surface area (Å²) >= 11 is 0. The predicted octanol–water partition coefficient (Wildman–Crippen LogP) is 1.88.